The molecule has 0 spiro atoms. The molecule has 0 bridgehead atoms. The monoisotopic (exact) mass is 260 g/mol. The lowest BCUT2D eigenvalue weighted by Gasteiger charge is -2.15. The SMILES string of the molecule is CCC1OCCC1C(=O)c1ccc(OC2CC2)cc1. The highest BCUT2D eigenvalue weighted by molar-refractivity contribution is 5.98. The van der Waals surface area contributed by atoms with Crippen LogP contribution in [-0.4, -0.2) is 24.6 Å². The third-order valence-corrected chi connectivity index (χ3v) is 3.91. The van der Waals surface area contributed by atoms with Gasteiger partial charge < -0.3 is 9.47 Å². The Morgan fingerprint density at radius 1 is 1.26 bits per heavy atom. The van der Waals surface area contributed by atoms with Crippen molar-refractivity contribution in [3.05, 3.63) is 29.8 Å². The number of benzene rings is 1. The molecule has 3 heteroatoms. The van der Waals surface area contributed by atoms with Crippen molar-refractivity contribution in [1.29, 1.82) is 0 Å². The highest BCUT2D eigenvalue weighted by Gasteiger charge is 2.33. The van der Waals surface area contributed by atoms with E-state index in [4.69, 9.17) is 9.47 Å². The van der Waals surface area contributed by atoms with Crippen LogP contribution in [-0.2, 0) is 4.74 Å². The van der Waals surface area contributed by atoms with Crippen molar-refractivity contribution < 1.29 is 14.3 Å². The molecule has 1 aromatic rings. The molecule has 1 aliphatic carbocycles. The van der Waals surface area contributed by atoms with Crippen LogP contribution in [0, 0.1) is 5.92 Å². The molecule has 0 aromatic heterocycles. The van der Waals surface area contributed by atoms with E-state index in [9.17, 15) is 4.79 Å². The molecule has 1 saturated carbocycles. The standard InChI is InChI=1S/C16H20O3/c1-2-15-14(9-10-18-15)16(17)11-3-5-12(6-4-11)19-13-7-8-13/h3-6,13-15H,2,7-10H2,1H3. The molecule has 2 atom stereocenters. The second-order valence-corrected chi connectivity index (χ2v) is 5.42. The summed E-state index contributed by atoms with van der Waals surface area (Å²) in [6.45, 7) is 2.78. The molecule has 2 unspecified atom stereocenters. The maximum absolute atomic E-state index is 12.4. The van der Waals surface area contributed by atoms with Gasteiger partial charge in [-0.05, 0) is 49.9 Å². The third-order valence-electron chi connectivity index (χ3n) is 3.91. The second kappa shape index (κ2) is 5.33. The molecule has 3 nitrogen and oxygen atoms in total. The van der Waals surface area contributed by atoms with Crippen molar-refractivity contribution in [2.45, 2.75) is 44.8 Å². The lowest BCUT2D eigenvalue weighted by atomic mass is 9.90. The summed E-state index contributed by atoms with van der Waals surface area (Å²) < 4.78 is 11.3. The molecular formula is C16H20O3. The van der Waals surface area contributed by atoms with E-state index in [1.165, 1.54) is 0 Å². The predicted molar refractivity (Wildman–Crippen MR) is 72.6 cm³/mol. The summed E-state index contributed by atoms with van der Waals surface area (Å²) in [5.41, 5.74) is 0.775. The van der Waals surface area contributed by atoms with Gasteiger partial charge in [-0.2, -0.15) is 0 Å². The van der Waals surface area contributed by atoms with Crippen LogP contribution in [0.3, 0.4) is 0 Å². The largest absolute Gasteiger partial charge is 0.490 e. The maximum atomic E-state index is 12.4. The molecule has 1 heterocycles. The Morgan fingerprint density at radius 3 is 2.63 bits per heavy atom. The van der Waals surface area contributed by atoms with E-state index < -0.39 is 0 Å². The summed E-state index contributed by atoms with van der Waals surface area (Å²) in [5.74, 6) is 1.11. The summed E-state index contributed by atoms with van der Waals surface area (Å²) in [6.07, 6.45) is 4.54. The van der Waals surface area contributed by atoms with Crippen LogP contribution in [0.2, 0.25) is 0 Å². The molecule has 1 saturated heterocycles. The predicted octanol–water partition coefficient (Wildman–Crippen LogP) is 3.23. The summed E-state index contributed by atoms with van der Waals surface area (Å²) in [7, 11) is 0. The zero-order valence-corrected chi connectivity index (χ0v) is 11.3. The highest BCUT2D eigenvalue weighted by Crippen LogP contribution is 2.29. The fourth-order valence-corrected chi connectivity index (χ4v) is 2.64. The van der Waals surface area contributed by atoms with Crippen LogP contribution in [0.25, 0.3) is 0 Å². The quantitative estimate of drug-likeness (QED) is 0.762. The molecule has 102 valence electrons. The van der Waals surface area contributed by atoms with E-state index in [1.54, 1.807) is 0 Å². The van der Waals surface area contributed by atoms with Crippen LogP contribution < -0.4 is 4.74 Å². The van der Waals surface area contributed by atoms with Gasteiger partial charge in [0.2, 0.25) is 0 Å². The van der Waals surface area contributed by atoms with E-state index >= 15 is 0 Å². The third kappa shape index (κ3) is 2.81. The average molecular weight is 260 g/mol. The number of hydrogen-bond donors (Lipinski definition) is 0. The Bertz CT molecular complexity index is 448. The number of ketones is 1. The van der Waals surface area contributed by atoms with Gasteiger partial charge in [-0.3, -0.25) is 4.79 Å². The minimum Gasteiger partial charge on any atom is -0.490 e. The molecule has 0 radical (unpaired) electrons. The first-order chi connectivity index (χ1) is 9.28. The Morgan fingerprint density at radius 2 is 2.00 bits per heavy atom. The van der Waals surface area contributed by atoms with Crippen LogP contribution in [0.15, 0.2) is 24.3 Å². The smallest absolute Gasteiger partial charge is 0.168 e. The van der Waals surface area contributed by atoms with Crippen molar-refractivity contribution in [3.63, 3.8) is 0 Å². The van der Waals surface area contributed by atoms with Crippen LogP contribution in [0.4, 0.5) is 0 Å². The second-order valence-electron chi connectivity index (χ2n) is 5.42. The van der Waals surface area contributed by atoms with E-state index in [-0.39, 0.29) is 17.8 Å². The Labute approximate surface area is 113 Å². The number of carbonyl (C=O) groups excluding carboxylic acids is 1. The lowest BCUT2D eigenvalue weighted by molar-refractivity contribution is 0.0689. The first-order valence-corrected chi connectivity index (χ1v) is 7.20. The van der Waals surface area contributed by atoms with Crippen LogP contribution >= 0.6 is 0 Å². The topological polar surface area (TPSA) is 35.5 Å². The van der Waals surface area contributed by atoms with Gasteiger partial charge in [-0.25, -0.2) is 0 Å². The zero-order chi connectivity index (χ0) is 13.2. The number of carbonyl (C=O) groups is 1. The molecule has 0 amide bonds. The number of hydrogen-bond acceptors (Lipinski definition) is 3. The molecule has 19 heavy (non-hydrogen) atoms. The minimum atomic E-state index is 0.0280. The first kappa shape index (κ1) is 12.7. The molecule has 1 aliphatic heterocycles. The van der Waals surface area contributed by atoms with E-state index in [1.807, 2.05) is 24.3 Å². The number of ether oxygens (including phenoxy) is 2. The van der Waals surface area contributed by atoms with Crippen molar-refractivity contribution >= 4 is 5.78 Å². The van der Waals surface area contributed by atoms with Gasteiger partial charge in [0.25, 0.3) is 0 Å². The Kier molecular flexibility index (Phi) is 3.56. The maximum Gasteiger partial charge on any atom is 0.168 e. The van der Waals surface area contributed by atoms with Crippen molar-refractivity contribution in [3.8, 4) is 5.75 Å². The van der Waals surface area contributed by atoms with Gasteiger partial charge in [-0.1, -0.05) is 6.92 Å². The van der Waals surface area contributed by atoms with Gasteiger partial charge in [0.05, 0.1) is 18.1 Å². The van der Waals surface area contributed by atoms with Gasteiger partial charge in [0.1, 0.15) is 5.75 Å². The number of rotatable bonds is 5. The Hall–Kier alpha value is -1.35. The number of Topliss-reactive ketones (excluding diaryl/α,β-unsaturated/α-hetero) is 1. The van der Waals surface area contributed by atoms with Gasteiger partial charge in [-0.15, -0.1) is 0 Å². The molecular weight excluding hydrogens is 240 g/mol. The molecule has 2 aliphatic rings. The normalized spacial score (nSPS) is 26.4. The Balaban J connectivity index is 1.68. The summed E-state index contributed by atoms with van der Waals surface area (Å²) in [6, 6.07) is 7.57. The summed E-state index contributed by atoms with van der Waals surface area (Å²) in [5, 5.41) is 0. The first-order valence-electron chi connectivity index (χ1n) is 7.20. The van der Waals surface area contributed by atoms with E-state index in [0.717, 1.165) is 37.0 Å². The lowest BCUT2D eigenvalue weighted by Crippen LogP contribution is -2.23. The zero-order valence-electron chi connectivity index (χ0n) is 11.3. The molecule has 3 rings (SSSR count). The summed E-state index contributed by atoms with van der Waals surface area (Å²) in [4.78, 5) is 12.4. The van der Waals surface area contributed by atoms with E-state index in [0.29, 0.717) is 12.7 Å². The average Bonchev–Trinajstić information content (AvgIpc) is 3.12. The fraction of sp³-hybridized carbons (Fsp3) is 0.562. The van der Waals surface area contributed by atoms with Gasteiger partial charge >= 0.3 is 0 Å². The molecule has 1 aromatic carbocycles. The van der Waals surface area contributed by atoms with Gasteiger partial charge in [0, 0.05) is 12.2 Å². The molecule has 2 fully saturated rings. The van der Waals surface area contributed by atoms with Gasteiger partial charge in [0.15, 0.2) is 5.78 Å². The molecule has 0 N–H and O–H groups in total. The van der Waals surface area contributed by atoms with E-state index in [2.05, 4.69) is 6.92 Å². The van der Waals surface area contributed by atoms with Crippen molar-refractivity contribution in [2.75, 3.05) is 6.61 Å². The van der Waals surface area contributed by atoms with Crippen LogP contribution in [0.1, 0.15) is 43.0 Å². The van der Waals surface area contributed by atoms with Crippen molar-refractivity contribution in [2.24, 2.45) is 5.92 Å². The minimum absolute atomic E-state index is 0.0280. The van der Waals surface area contributed by atoms with Crippen LogP contribution in [0.5, 0.6) is 5.75 Å². The highest BCUT2D eigenvalue weighted by atomic mass is 16.5. The van der Waals surface area contributed by atoms with Crippen molar-refractivity contribution in [1.82, 2.24) is 0 Å². The summed E-state index contributed by atoms with van der Waals surface area (Å²) >= 11 is 0. The fourth-order valence-electron chi connectivity index (χ4n) is 2.64.